The zero-order chi connectivity index (χ0) is 15.0. The number of amides is 3. The van der Waals surface area contributed by atoms with Crippen LogP contribution in [0.15, 0.2) is 24.3 Å². The number of carbonyl (C=O) groups is 2. The van der Waals surface area contributed by atoms with Gasteiger partial charge in [-0.2, -0.15) is 0 Å². The highest BCUT2D eigenvalue weighted by Crippen LogP contribution is 2.00. The lowest BCUT2D eigenvalue weighted by Crippen LogP contribution is -3.09. The van der Waals surface area contributed by atoms with E-state index in [0.29, 0.717) is 6.54 Å². The molecule has 3 amide bonds. The normalized spacial score (nSPS) is 11.8. The Kier molecular flexibility index (Phi) is 6.73. The molecule has 0 aromatic heterocycles. The van der Waals surface area contributed by atoms with E-state index in [1.165, 1.54) is 11.1 Å². The fourth-order valence-electron chi connectivity index (χ4n) is 1.84. The molecule has 0 bridgehead atoms. The van der Waals surface area contributed by atoms with Crippen molar-refractivity contribution in [2.75, 3.05) is 20.1 Å². The number of benzene rings is 1. The zero-order valence-corrected chi connectivity index (χ0v) is 12.5. The Balaban J connectivity index is 2.34. The molecule has 0 aliphatic carbocycles. The SMILES string of the molecule is CCCNC(=O)NC(=O)C[NH+](C)Cc1ccc(C)cc1. The molecule has 5 nitrogen and oxygen atoms in total. The van der Waals surface area contributed by atoms with Gasteiger partial charge in [-0.3, -0.25) is 10.1 Å². The second kappa shape index (κ2) is 8.32. The van der Waals surface area contributed by atoms with Gasteiger partial charge in [-0.15, -0.1) is 0 Å². The summed E-state index contributed by atoms with van der Waals surface area (Å²) < 4.78 is 0. The van der Waals surface area contributed by atoms with Crippen molar-refractivity contribution in [3.05, 3.63) is 35.4 Å². The van der Waals surface area contributed by atoms with Crippen LogP contribution in [-0.2, 0) is 11.3 Å². The summed E-state index contributed by atoms with van der Waals surface area (Å²) in [5, 5.41) is 4.94. The first kappa shape index (κ1) is 16.2. The number of carbonyl (C=O) groups excluding carboxylic acids is 2. The second-order valence-corrected chi connectivity index (χ2v) is 5.10. The summed E-state index contributed by atoms with van der Waals surface area (Å²) in [7, 11) is 1.93. The third kappa shape index (κ3) is 6.33. The number of nitrogens with one attached hydrogen (secondary N) is 3. The predicted octanol–water partition coefficient (Wildman–Crippen LogP) is 0.246. The van der Waals surface area contributed by atoms with E-state index >= 15 is 0 Å². The topological polar surface area (TPSA) is 62.6 Å². The van der Waals surface area contributed by atoms with Crippen LogP contribution in [0.3, 0.4) is 0 Å². The van der Waals surface area contributed by atoms with Gasteiger partial charge in [-0.05, 0) is 13.3 Å². The summed E-state index contributed by atoms with van der Waals surface area (Å²) in [6, 6.07) is 7.82. The predicted molar refractivity (Wildman–Crippen MR) is 78.5 cm³/mol. The largest absolute Gasteiger partial charge is 0.338 e. The van der Waals surface area contributed by atoms with Crippen LogP contribution in [0.4, 0.5) is 4.79 Å². The molecule has 0 heterocycles. The standard InChI is InChI=1S/C15H23N3O2/c1-4-9-16-15(20)17-14(19)11-18(3)10-13-7-5-12(2)6-8-13/h5-8H,4,9-11H2,1-3H3,(H2,16,17,19,20)/p+1. The first-order chi connectivity index (χ1) is 9.51. The molecule has 5 heteroatoms. The Hall–Kier alpha value is -1.88. The van der Waals surface area contributed by atoms with Crippen LogP contribution in [0.25, 0.3) is 0 Å². The molecule has 0 saturated carbocycles. The molecular formula is C15H24N3O2+. The second-order valence-electron chi connectivity index (χ2n) is 5.10. The van der Waals surface area contributed by atoms with E-state index in [1.54, 1.807) is 0 Å². The molecule has 1 unspecified atom stereocenters. The van der Waals surface area contributed by atoms with Crippen molar-refractivity contribution in [1.82, 2.24) is 10.6 Å². The molecule has 1 rings (SSSR count). The lowest BCUT2D eigenvalue weighted by Gasteiger charge is -2.13. The summed E-state index contributed by atoms with van der Waals surface area (Å²) in [5.74, 6) is -0.261. The van der Waals surface area contributed by atoms with E-state index in [1.807, 2.05) is 20.9 Å². The van der Waals surface area contributed by atoms with Gasteiger partial charge in [0.05, 0.1) is 7.05 Å². The van der Waals surface area contributed by atoms with Gasteiger partial charge in [0.25, 0.3) is 5.91 Å². The molecule has 0 aliphatic heterocycles. The molecule has 1 aromatic carbocycles. The summed E-state index contributed by atoms with van der Waals surface area (Å²) in [6.07, 6.45) is 0.847. The Morgan fingerprint density at radius 3 is 2.45 bits per heavy atom. The quantitative estimate of drug-likeness (QED) is 0.698. The smallest absolute Gasteiger partial charge is 0.321 e. The minimum Gasteiger partial charge on any atom is -0.338 e. The van der Waals surface area contributed by atoms with Crippen molar-refractivity contribution in [2.24, 2.45) is 0 Å². The van der Waals surface area contributed by atoms with E-state index < -0.39 is 6.03 Å². The Bertz CT molecular complexity index is 443. The van der Waals surface area contributed by atoms with Crippen LogP contribution in [0.1, 0.15) is 24.5 Å². The van der Waals surface area contributed by atoms with Gasteiger partial charge in [0, 0.05) is 12.1 Å². The van der Waals surface area contributed by atoms with Gasteiger partial charge in [0.2, 0.25) is 0 Å². The van der Waals surface area contributed by atoms with Crippen LogP contribution >= 0.6 is 0 Å². The van der Waals surface area contributed by atoms with Gasteiger partial charge in [-0.1, -0.05) is 36.8 Å². The lowest BCUT2D eigenvalue weighted by atomic mass is 10.1. The first-order valence-corrected chi connectivity index (χ1v) is 6.95. The highest BCUT2D eigenvalue weighted by Gasteiger charge is 2.13. The van der Waals surface area contributed by atoms with E-state index in [0.717, 1.165) is 17.9 Å². The van der Waals surface area contributed by atoms with Crippen LogP contribution in [0, 0.1) is 6.92 Å². The fraction of sp³-hybridized carbons (Fsp3) is 0.467. The Labute approximate surface area is 120 Å². The van der Waals surface area contributed by atoms with E-state index in [4.69, 9.17) is 0 Å². The summed E-state index contributed by atoms with van der Waals surface area (Å²) in [4.78, 5) is 24.1. The fourth-order valence-corrected chi connectivity index (χ4v) is 1.84. The van der Waals surface area contributed by atoms with Crippen molar-refractivity contribution < 1.29 is 14.5 Å². The van der Waals surface area contributed by atoms with E-state index in [9.17, 15) is 9.59 Å². The maximum absolute atomic E-state index is 11.7. The molecule has 110 valence electrons. The van der Waals surface area contributed by atoms with Crippen LogP contribution in [0.2, 0.25) is 0 Å². The summed E-state index contributed by atoms with van der Waals surface area (Å²) in [5.41, 5.74) is 2.40. The molecule has 0 aliphatic rings. The molecule has 0 fully saturated rings. The maximum atomic E-state index is 11.7. The molecule has 20 heavy (non-hydrogen) atoms. The van der Waals surface area contributed by atoms with Crippen molar-refractivity contribution in [2.45, 2.75) is 26.8 Å². The number of urea groups is 1. The maximum Gasteiger partial charge on any atom is 0.321 e. The molecule has 0 radical (unpaired) electrons. The van der Waals surface area contributed by atoms with Crippen LogP contribution in [-0.4, -0.2) is 32.1 Å². The van der Waals surface area contributed by atoms with E-state index in [2.05, 4.69) is 34.9 Å². The van der Waals surface area contributed by atoms with Crippen molar-refractivity contribution in [3.8, 4) is 0 Å². The number of hydrogen-bond donors (Lipinski definition) is 3. The highest BCUT2D eigenvalue weighted by atomic mass is 16.2. The Morgan fingerprint density at radius 1 is 1.20 bits per heavy atom. The Morgan fingerprint density at radius 2 is 1.85 bits per heavy atom. The monoisotopic (exact) mass is 278 g/mol. The number of rotatable bonds is 6. The van der Waals surface area contributed by atoms with Crippen molar-refractivity contribution in [1.29, 1.82) is 0 Å². The van der Waals surface area contributed by atoms with E-state index in [-0.39, 0.29) is 12.5 Å². The van der Waals surface area contributed by atoms with Crippen molar-refractivity contribution >= 4 is 11.9 Å². The third-order valence-electron chi connectivity index (χ3n) is 2.88. The molecular weight excluding hydrogens is 254 g/mol. The number of aryl methyl sites for hydroxylation is 1. The molecule has 1 aromatic rings. The van der Waals surface area contributed by atoms with Gasteiger partial charge in [-0.25, -0.2) is 4.79 Å². The number of likely N-dealkylation sites (N-methyl/N-ethyl adjacent to an activating group) is 1. The van der Waals surface area contributed by atoms with Gasteiger partial charge in [0.15, 0.2) is 6.54 Å². The van der Waals surface area contributed by atoms with Gasteiger partial charge >= 0.3 is 6.03 Å². The van der Waals surface area contributed by atoms with Crippen LogP contribution in [0.5, 0.6) is 0 Å². The zero-order valence-electron chi connectivity index (χ0n) is 12.5. The highest BCUT2D eigenvalue weighted by molar-refractivity contribution is 5.94. The molecule has 0 saturated heterocycles. The minimum absolute atomic E-state index is 0.261. The average Bonchev–Trinajstić information content (AvgIpc) is 2.38. The minimum atomic E-state index is -0.417. The van der Waals surface area contributed by atoms with Gasteiger partial charge < -0.3 is 10.2 Å². The summed E-state index contributed by atoms with van der Waals surface area (Å²) >= 11 is 0. The summed E-state index contributed by atoms with van der Waals surface area (Å²) in [6.45, 7) is 5.60. The van der Waals surface area contributed by atoms with Gasteiger partial charge in [0.1, 0.15) is 6.54 Å². The number of quaternary nitrogens is 1. The number of hydrogen-bond acceptors (Lipinski definition) is 2. The van der Waals surface area contributed by atoms with Crippen LogP contribution < -0.4 is 15.5 Å². The molecule has 0 spiro atoms. The average molecular weight is 278 g/mol. The molecule has 1 atom stereocenters. The first-order valence-electron chi connectivity index (χ1n) is 6.95. The van der Waals surface area contributed by atoms with Crippen molar-refractivity contribution in [3.63, 3.8) is 0 Å². The number of imide groups is 1. The lowest BCUT2D eigenvalue weighted by molar-refractivity contribution is -0.885. The molecule has 3 N–H and O–H groups in total. The third-order valence-corrected chi connectivity index (χ3v) is 2.88.